The summed E-state index contributed by atoms with van der Waals surface area (Å²) in [5.74, 6) is 1.07. The molecule has 1 heterocycles. The molecule has 0 saturated carbocycles. The summed E-state index contributed by atoms with van der Waals surface area (Å²) in [5.41, 5.74) is 1.13. The number of para-hydroxylation sites is 1. The normalized spacial score (nSPS) is 10.2. The number of aryl methyl sites for hydroxylation is 1. The minimum atomic E-state index is 0.769. The number of benzene rings is 1. The van der Waals surface area contributed by atoms with Crippen molar-refractivity contribution < 1.29 is 0 Å². The van der Waals surface area contributed by atoms with Gasteiger partial charge in [-0.3, -0.25) is 0 Å². The molecule has 0 amide bonds. The van der Waals surface area contributed by atoms with Crippen molar-refractivity contribution in [1.82, 2.24) is 9.55 Å². The fourth-order valence-electron chi connectivity index (χ4n) is 1.53. The van der Waals surface area contributed by atoms with Crippen molar-refractivity contribution in [2.45, 2.75) is 20.0 Å². The van der Waals surface area contributed by atoms with Gasteiger partial charge < -0.3 is 9.88 Å². The zero-order chi connectivity index (χ0) is 10.5. The van der Waals surface area contributed by atoms with E-state index >= 15 is 0 Å². The van der Waals surface area contributed by atoms with E-state index in [-0.39, 0.29) is 0 Å². The quantitative estimate of drug-likeness (QED) is 0.823. The van der Waals surface area contributed by atoms with Gasteiger partial charge in [-0.1, -0.05) is 18.2 Å². The SMILES string of the molecule is CCn1ccnc1CNc1ccccc1. The minimum Gasteiger partial charge on any atom is -0.378 e. The molecule has 0 spiro atoms. The van der Waals surface area contributed by atoms with Crippen LogP contribution in [0.15, 0.2) is 42.7 Å². The topological polar surface area (TPSA) is 29.9 Å². The number of anilines is 1. The first kappa shape index (κ1) is 9.77. The summed E-state index contributed by atoms with van der Waals surface area (Å²) in [6.07, 6.45) is 3.84. The van der Waals surface area contributed by atoms with Crippen LogP contribution in [0.25, 0.3) is 0 Å². The number of hydrogen-bond donors (Lipinski definition) is 1. The van der Waals surface area contributed by atoms with E-state index in [1.54, 1.807) is 0 Å². The molecule has 0 unspecified atom stereocenters. The molecular formula is C12H15N3. The highest BCUT2D eigenvalue weighted by Gasteiger charge is 1.99. The minimum absolute atomic E-state index is 0.769. The standard InChI is InChI=1S/C12H15N3/c1-2-15-9-8-13-12(15)10-14-11-6-4-3-5-7-11/h3-9,14H,2,10H2,1H3. The van der Waals surface area contributed by atoms with E-state index in [0.29, 0.717) is 0 Å². The molecule has 0 aliphatic carbocycles. The Balaban J connectivity index is 1.99. The van der Waals surface area contributed by atoms with Crippen LogP contribution in [0.4, 0.5) is 5.69 Å². The van der Waals surface area contributed by atoms with Crippen LogP contribution in [0.2, 0.25) is 0 Å². The van der Waals surface area contributed by atoms with Gasteiger partial charge in [0, 0.05) is 24.6 Å². The molecule has 0 saturated heterocycles. The molecule has 0 radical (unpaired) electrons. The van der Waals surface area contributed by atoms with Gasteiger partial charge in [-0.05, 0) is 19.1 Å². The van der Waals surface area contributed by atoms with Gasteiger partial charge in [-0.25, -0.2) is 4.98 Å². The van der Waals surface area contributed by atoms with Gasteiger partial charge in [-0.15, -0.1) is 0 Å². The lowest BCUT2D eigenvalue weighted by atomic mass is 10.3. The first-order valence-electron chi connectivity index (χ1n) is 5.19. The monoisotopic (exact) mass is 201 g/mol. The predicted octanol–water partition coefficient (Wildman–Crippen LogP) is 2.52. The van der Waals surface area contributed by atoms with Crippen molar-refractivity contribution in [1.29, 1.82) is 0 Å². The van der Waals surface area contributed by atoms with E-state index in [0.717, 1.165) is 24.6 Å². The van der Waals surface area contributed by atoms with Gasteiger partial charge in [0.25, 0.3) is 0 Å². The molecule has 2 aromatic rings. The Hall–Kier alpha value is -1.77. The second kappa shape index (κ2) is 4.64. The third-order valence-electron chi connectivity index (χ3n) is 2.37. The number of nitrogens with one attached hydrogen (secondary N) is 1. The number of nitrogens with zero attached hydrogens (tertiary/aromatic N) is 2. The summed E-state index contributed by atoms with van der Waals surface area (Å²) < 4.78 is 2.13. The lowest BCUT2D eigenvalue weighted by Gasteiger charge is -2.07. The third-order valence-corrected chi connectivity index (χ3v) is 2.37. The van der Waals surface area contributed by atoms with Crippen LogP contribution < -0.4 is 5.32 Å². The van der Waals surface area contributed by atoms with Crippen LogP contribution in [0.1, 0.15) is 12.7 Å². The highest BCUT2D eigenvalue weighted by molar-refractivity contribution is 5.42. The second-order valence-electron chi connectivity index (χ2n) is 3.35. The van der Waals surface area contributed by atoms with E-state index in [4.69, 9.17) is 0 Å². The molecule has 3 heteroatoms. The zero-order valence-electron chi connectivity index (χ0n) is 8.85. The maximum Gasteiger partial charge on any atom is 0.128 e. The largest absolute Gasteiger partial charge is 0.378 e. The molecule has 1 N–H and O–H groups in total. The summed E-state index contributed by atoms with van der Waals surface area (Å²) in [7, 11) is 0. The number of imidazole rings is 1. The van der Waals surface area contributed by atoms with E-state index < -0.39 is 0 Å². The molecule has 0 bridgehead atoms. The van der Waals surface area contributed by atoms with Crippen molar-refractivity contribution in [3.05, 3.63) is 48.5 Å². The summed E-state index contributed by atoms with van der Waals surface area (Å²) >= 11 is 0. The summed E-state index contributed by atoms with van der Waals surface area (Å²) in [6, 6.07) is 10.2. The second-order valence-corrected chi connectivity index (χ2v) is 3.35. The van der Waals surface area contributed by atoms with E-state index in [1.165, 1.54) is 0 Å². The Morgan fingerprint density at radius 2 is 2.07 bits per heavy atom. The Labute approximate surface area is 89.8 Å². The molecule has 1 aromatic carbocycles. The molecule has 0 aliphatic heterocycles. The number of aromatic nitrogens is 2. The Kier molecular flexibility index (Phi) is 3.02. The van der Waals surface area contributed by atoms with Crippen LogP contribution >= 0.6 is 0 Å². The molecule has 0 fully saturated rings. The van der Waals surface area contributed by atoms with Gasteiger partial charge in [-0.2, -0.15) is 0 Å². The smallest absolute Gasteiger partial charge is 0.128 e. The van der Waals surface area contributed by atoms with E-state index in [2.05, 4.69) is 33.9 Å². The highest BCUT2D eigenvalue weighted by Crippen LogP contribution is 2.07. The Bertz CT molecular complexity index is 406. The van der Waals surface area contributed by atoms with Crippen LogP contribution in [-0.2, 0) is 13.1 Å². The average Bonchev–Trinajstić information content (AvgIpc) is 2.75. The van der Waals surface area contributed by atoms with Gasteiger partial charge in [0.1, 0.15) is 5.82 Å². The third kappa shape index (κ3) is 2.37. The average molecular weight is 201 g/mol. The zero-order valence-corrected chi connectivity index (χ0v) is 8.85. The van der Waals surface area contributed by atoms with Crippen molar-refractivity contribution in [3.63, 3.8) is 0 Å². The predicted molar refractivity (Wildman–Crippen MR) is 61.7 cm³/mol. The lowest BCUT2D eigenvalue weighted by molar-refractivity contribution is 0.708. The first-order valence-corrected chi connectivity index (χ1v) is 5.19. The maximum absolute atomic E-state index is 4.30. The number of rotatable bonds is 4. The molecule has 0 atom stereocenters. The summed E-state index contributed by atoms with van der Waals surface area (Å²) in [4.78, 5) is 4.30. The molecule has 78 valence electrons. The van der Waals surface area contributed by atoms with Crippen molar-refractivity contribution in [3.8, 4) is 0 Å². The van der Waals surface area contributed by atoms with E-state index in [1.807, 2.05) is 30.6 Å². The first-order chi connectivity index (χ1) is 7.40. The van der Waals surface area contributed by atoms with Gasteiger partial charge in [0.2, 0.25) is 0 Å². The van der Waals surface area contributed by atoms with Crippen LogP contribution in [0, 0.1) is 0 Å². The number of hydrogen-bond acceptors (Lipinski definition) is 2. The molecule has 2 rings (SSSR count). The Morgan fingerprint density at radius 1 is 1.27 bits per heavy atom. The molecule has 1 aromatic heterocycles. The Morgan fingerprint density at radius 3 is 2.80 bits per heavy atom. The van der Waals surface area contributed by atoms with Crippen molar-refractivity contribution in [2.75, 3.05) is 5.32 Å². The van der Waals surface area contributed by atoms with Crippen molar-refractivity contribution >= 4 is 5.69 Å². The van der Waals surface area contributed by atoms with Crippen LogP contribution in [0.3, 0.4) is 0 Å². The highest BCUT2D eigenvalue weighted by atomic mass is 15.1. The van der Waals surface area contributed by atoms with Crippen LogP contribution in [-0.4, -0.2) is 9.55 Å². The summed E-state index contributed by atoms with van der Waals surface area (Å²) in [5, 5.41) is 3.34. The fraction of sp³-hybridized carbons (Fsp3) is 0.250. The van der Waals surface area contributed by atoms with Gasteiger partial charge >= 0.3 is 0 Å². The molecular weight excluding hydrogens is 186 g/mol. The lowest BCUT2D eigenvalue weighted by Crippen LogP contribution is -2.07. The fourth-order valence-corrected chi connectivity index (χ4v) is 1.53. The summed E-state index contributed by atoms with van der Waals surface area (Å²) in [6.45, 7) is 3.85. The molecule has 15 heavy (non-hydrogen) atoms. The van der Waals surface area contributed by atoms with Gasteiger partial charge in [0.05, 0.1) is 6.54 Å². The van der Waals surface area contributed by atoms with Gasteiger partial charge in [0.15, 0.2) is 0 Å². The molecule has 3 nitrogen and oxygen atoms in total. The van der Waals surface area contributed by atoms with Crippen molar-refractivity contribution in [2.24, 2.45) is 0 Å². The van der Waals surface area contributed by atoms with Crippen LogP contribution in [0.5, 0.6) is 0 Å². The maximum atomic E-state index is 4.30. The molecule has 0 aliphatic rings. The van der Waals surface area contributed by atoms with E-state index in [9.17, 15) is 0 Å².